The summed E-state index contributed by atoms with van der Waals surface area (Å²) in [6, 6.07) is 8.71. The molecule has 2 rings (SSSR count). The van der Waals surface area contributed by atoms with Crippen molar-refractivity contribution in [3.8, 4) is 11.5 Å². The summed E-state index contributed by atoms with van der Waals surface area (Å²) in [6.07, 6.45) is 0. The van der Waals surface area contributed by atoms with Crippen molar-refractivity contribution < 1.29 is 19.5 Å². The minimum absolute atomic E-state index is 0.420. The molecule has 2 aromatic rings. The van der Waals surface area contributed by atoms with Crippen LogP contribution in [-0.2, 0) is 0 Å². The Labute approximate surface area is 99.6 Å². The fourth-order valence-electron chi connectivity index (χ4n) is 1.83. The largest absolute Gasteiger partial charge is 0.496 e. The van der Waals surface area contributed by atoms with Crippen molar-refractivity contribution in [3.63, 3.8) is 0 Å². The summed E-state index contributed by atoms with van der Waals surface area (Å²) in [5, 5.41) is 20.0. The molecular formula is C12H13BO4. The fourth-order valence-corrected chi connectivity index (χ4v) is 1.83. The summed E-state index contributed by atoms with van der Waals surface area (Å²) in [7, 11) is 1.68. The highest BCUT2D eigenvalue weighted by molar-refractivity contribution is 6.59. The van der Waals surface area contributed by atoms with Crippen LogP contribution in [0, 0.1) is 0 Å². The Morgan fingerprint density at radius 3 is 2.00 bits per heavy atom. The Balaban J connectivity index is 2.72. The van der Waals surface area contributed by atoms with E-state index < -0.39 is 7.12 Å². The highest BCUT2D eigenvalue weighted by Gasteiger charge is 2.14. The molecule has 0 aliphatic rings. The molecule has 0 radical (unpaired) electrons. The van der Waals surface area contributed by atoms with Crippen LogP contribution < -0.4 is 14.9 Å². The van der Waals surface area contributed by atoms with Crippen LogP contribution >= 0.6 is 0 Å². The Kier molecular flexibility index (Phi) is 3.22. The molecular weight excluding hydrogens is 219 g/mol. The van der Waals surface area contributed by atoms with Crippen LogP contribution in [0.3, 0.4) is 0 Å². The second kappa shape index (κ2) is 4.65. The quantitative estimate of drug-likeness (QED) is 0.758. The Bertz CT molecular complexity index is 539. The van der Waals surface area contributed by atoms with Gasteiger partial charge in [0.05, 0.1) is 14.2 Å². The highest BCUT2D eigenvalue weighted by atomic mass is 16.5. The van der Waals surface area contributed by atoms with E-state index >= 15 is 0 Å². The van der Waals surface area contributed by atoms with Crippen molar-refractivity contribution in [2.45, 2.75) is 0 Å². The minimum atomic E-state index is -1.49. The van der Waals surface area contributed by atoms with Gasteiger partial charge in [0.1, 0.15) is 11.5 Å². The molecule has 2 aromatic carbocycles. The zero-order valence-corrected chi connectivity index (χ0v) is 9.68. The standard InChI is InChI=1S/C12H13BO4/c1-16-11-5-6-12(17-2)10-7-8(13(14)15)3-4-9(10)11/h3-7,14-15H,1-2H3. The normalized spacial score (nSPS) is 10.4. The number of hydrogen-bond donors (Lipinski definition) is 2. The molecule has 0 unspecified atom stereocenters. The summed E-state index contributed by atoms with van der Waals surface area (Å²) in [5.41, 5.74) is 0.420. The molecule has 0 amide bonds. The van der Waals surface area contributed by atoms with E-state index in [1.54, 1.807) is 38.5 Å². The van der Waals surface area contributed by atoms with E-state index in [2.05, 4.69) is 0 Å². The molecule has 88 valence electrons. The van der Waals surface area contributed by atoms with E-state index in [1.165, 1.54) is 0 Å². The van der Waals surface area contributed by atoms with Crippen molar-refractivity contribution in [3.05, 3.63) is 30.3 Å². The number of fused-ring (bicyclic) bond motifs is 1. The highest BCUT2D eigenvalue weighted by Crippen LogP contribution is 2.32. The number of ether oxygens (including phenoxy) is 2. The molecule has 0 saturated carbocycles. The second-order valence-corrected chi connectivity index (χ2v) is 3.65. The lowest BCUT2D eigenvalue weighted by Gasteiger charge is -2.11. The molecule has 0 aliphatic heterocycles. The van der Waals surface area contributed by atoms with Crippen LogP contribution in [0.2, 0.25) is 0 Å². The van der Waals surface area contributed by atoms with Gasteiger partial charge in [0, 0.05) is 10.8 Å². The van der Waals surface area contributed by atoms with Gasteiger partial charge in [0.2, 0.25) is 0 Å². The van der Waals surface area contributed by atoms with Crippen molar-refractivity contribution in [2.24, 2.45) is 0 Å². The van der Waals surface area contributed by atoms with Gasteiger partial charge in [-0.25, -0.2) is 0 Å². The third-order valence-electron chi connectivity index (χ3n) is 2.70. The van der Waals surface area contributed by atoms with Gasteiger partial charge in [-0.15, -0.1) is 0 Å². The second-order valence-electron chi connectivity index (χ2n) is 3.65. The molecule has 0 saturated heterocycles. The van der Waals surface area contributed by atoms with Crippen LogP contribution in [0.1, 0.15) is 0 Å². The van der Waals surface area contributed by atoms with Gasteiger partial charge in [-0.05, 0) is 17.6 Å². The van der Waals surface area contributed by atoms with Gasteiger partial charge >= 0.3 is 7.12 Å². The van der Waals surface area contributed by atoms with E-state index in [0.717, 1.165) is 16.5 Å². The zero-order chi connectivity index (χ0) is 12.4. The average Bonchev–Trinajstić information content (AvgIpc) is 2.36. The molecule has 4 nitrogen and oxygen atoms in total. The molecule has 0 bridgehead atoms. The Hall–Kier alpha value is -1.72. The molecule has 17 heavy (non-hydrogen) atoms. The number of rotatable bonds is 3. The summed E-state index contributed by atoms with van der Waals surface area (Å²) < 4.78 is 10.5. The maximum atomic E-state index is 9.16. The number of benzene rings is 2. The molecule has 0 aliphatic carbocycles. The molecule has 0 fully saturated rings. The van der Waals surface area contributed by atoms with Gasteiger partial charge in [-0.1, -0.05) is 18.2 Å². The van der Waals surface area contributed by atoms with Crippen molar-refractivity contribution in [2.75, 3.05) is 14.2 Å². The van der Waals surface area contributed by atoms with Crippen molar-refractivity contribution >= 4 is 23.4 Å². The lowest BCUT2D eigenvalue weighted by Crippen LogP contribution is -2.29. The summed E-state index contributed by atoms with van der Waals surface area (Å²) in [5.74, 6) is 1.39. The zero-order valence-electron chi connectivity index (χ0n) is 9.68. The van der Waals surface area contributed by atoms with Crippen LogP contribution in [0.15, 0.2) is 30.3 Å². The topological polar surface area (TPSA) is 58.9 Å². The predicted molar refractivity (Wildman–Crippen MR) is 66.9 cm³/mol. The Morgan fingerprint density at radius 2 is 1.47 bits per heavy atom. The maximum absolute atomic E-state index is 9.16. The average molecular weight is 232 g/mol. The first-order valence-electron chi connectivity index (χ1n) is 5.18. The van der Waals surface area contributed by atoms with Crippen LogP contribution in [0.4, 0.5) is 0 Å². The lowest BCUT2D eigenvalue weighted by molar-refractivity contribution is 0.410. The van der Waals surface area contributed by atoms with Crippen molar-refractivity contribution in [1.29, 1.82) is 0 Å². The van der Waals surface area contributed by atoms with Crippen LogP contribution in [0.5, 0.6) is 11.5 Å². The number of methoxy groups -OCH3 is 2. The van der Waals surface area contributed by atoms with E-state index in [4.69, 9.17) is 19.5 Å². The van der Waals surface area contributed by atoms with Gasteiger partial charge in [0.15, 0.2) is 0 Å². The minimum Gasteiger partial charge on any atom is -0.496 e. The molecule has 0 heterocycles. The third-order valence-corrected chi connectivity index (χ3v) is 2.70. The summed E-state index contributed by atoms with van der Waals surface area (Å²) in [4.78, 5) is 0. The van der Waals surface area contributed by atoms with Crippen LogP contribution in [0.25, 0.3) is 10.8 Å². The Morgan fingerprint density at radius 1 is 0.882 bits per heavy atom. The molecule has 2 N–H and O–H groups in total. The third kappa shape index (κ3) is 2.07. The van der Waals surface area contributed by atoms with Crippen LogP contribution in [-0.4, -0.2) is 31.4 Å². The maximum Gasteiger partial charge on any atom is 0.488 e. The van der Waals surface area contributed by atoms with E-state index in [1.807, 2.05) is 6.07 Å². The van der Waals surface area contributed by atoms with Crippen molar-refractivity contribution in [1.82, 2.24) is 0 Å². The smallest absolute Gasteiger partial charge is 0.488 e. The lowest BCUT2D eigenvalue weighted by atomic mass is 9.79. The fraction of sp³-hybridized carbons (Fsp3) is 0.167. The van der Waals surface area contributed by atoms with Gasteiger partial charge in [-0.2, -0.15) is 0 Å². The van der Waals surface area contributed by atoms with E-state index in [-0.39, 0.29) is 0 Å². The first-order valence-corrected chi connectivity index (χ1v) is 5.18. The summed E-state index contributed by atoms with van der Waals surface area (Å²) >= 11 is 0. The first kappa shape index (κ1) is 11.8. The SMILES string of the molecule is COc1ccc(OC)c2cc(B(O)O)ccc12. The molecule has 0 aromatic heterocycles. The first-order chi connectivity index (χ1) is 8.17. The summed E-state index contributed by atoms with van der Waals surface area (Å²) in [6.45, 7) is 0. The number of hydrogen-bond acceptors (Lipinski definition) is 4. The van der Waals surface area contributed by atoms with E-state index in [0.29, 0.717) is 11.2 Å². The monoisotopic (exact) mass is 232 g/mol. The molecule has 0 atom stereocenters. The van der Waals surface area contributed by atoms with Gasteiger partial charge in [0.25, 0.3) is 0 Å². The molecule has 5 heteroatoms. The molecule has 0 spiro atoms. The van der Waals surface area contributed by atoms with Gasteiger partial charge < -0.3 is 19.5 Å². The van der Waals surface area contributed by atoms with E-state index in [9.17, 15) is 0 Å². The predicted octanol–water partition coefficient (Wildman–Crippen LogP) is 0.537. The van der Waals surface area contributed by atoms with Gasteiger partial charge in [-0.3, -0.25) is 0 Å².